The van der Waals surface area contributed by atoms with Crippen molar-refractivity contribution >= 4 is 11.7 Å². The number of allylic oxidation sites excluding steroid dienone is 1. The molecule has 0 spiro atoms. The number of carbonyl (C=O) groups excluding carboxylic acids is 1. The molecule has 0 saturated carbocycles. The number of benzene rings is 1. The highest BCUT2D eigenvalue weighted by molar-refractivity contribution is 5.77. The largest absolute Gasteiger partial charge is 0.497 e. The Balaban J connectivity index is 1.55. The average molecular weight is 369 g/mol. The number of aromatic nitrogens is 2. The van der Waals surface area contributed by atoms with Crippen LogP contribution in [0.2, 0.25) is 0 Å². The minimum atomic E-state index is -0.0857. The predicted octanol–water partition coefficient (Wildman–Crippen LogP) is 2.65. The number of amides is 1. The van der Waals surface area contributed by atoms with Crippen LogP contribution in [0.1, 0.15) is 12.5 Å². The van der Waals surface area contributed by atoms with E-state index < -0.39 is 0 Å². The van der Waals surface area contributed by atoms with Gasteiger partial charge in [0.2, 0.25) is 0 Å². The molecule has 27 heavy (non-hydrogen) atoms. The van der Waals surface area contributed by atoms with E-state index in [-0.39, 0.29) is 6.03 Å². The molecule has 0 radical (unpaired) electrons. The molecule has 0 bridgehead atoms. The molecule has 1 amide bonds. The molecule has 2 heterocycles. The van der Waals surface area contributed by atoms with E-state index in [1.807, 2.05) is 35.9 Å². The third-order valence-corrected chi connectivity index (χ3v) is 4.91. The second-order valence-electron chi connectivity index (χ2n) is 6.83. The van der Waals surface area contributed by atoms with Crippen molar-refractivity contribution in [3.05, 3.63) is 54.5 Å². The normalized spacial score (nSPS) is 14.9. The van der Waals surface area contributed by atoms with Crippen LogP contribution in [-0.4, -0.2) is 65.9 Å². The Morgan fingerprint density at radius 2 is 2.04 bits per heavy atom. The van der Waals surface area contributed by atoms with Gasteiger partial charge >= 0.3 is 6.03 Å². The van der Waals surface area contributed by atoms with Gasteiger partial charge in [0, 0.05) is 45.5 Å². The predicted molar refractivity (Wildman–Crippen MR) is 106 cm³/mol. The number of anilines is 1. The highest BCUT2D eigenvalue weighted by Gasteiger charge is 2.23. The van der Waals surface area contributed by atoms with Crippen molar-refractivity contribution in [2.45, 2.75) is 13.5 Å². The number of nitrogens with zero attached hydrogens (tertiary/aromatic N) is 5. The van der Waals surface area contributed by atoms with E-state index in [0.29, 0.717) is 13.1 Å². The topological polar surface area (TPSA) is 53.8 Å². The van der Waals surface area contributed by atoms with Crippen molar-refractivity contribution in [3.8, 4) is 5.75 Å². The number of hydrogen-bond acceptors (Lipinski definition) is 5. The van der Waals surface area contributed by atoms with Crippen LogP contribution in [0.4, 0.5) is 10.5 Å². The standard InChI is InChI=1S/C20H27N5O2/c1-16(2)22(3)18-13-21-25(15-18)20(26)24-10-8-23(9-11-24)14-17-6-5-7-19(12-17)27-4/h5-7,12-13,15H,1,8-11,14H2,2-4H3. The number of carbonyl (C=O) groups is 1. The number of rotatable bonds is 5. The van der Waals surface area contributed by atoms with Gasteiger partial charge in [-0.2, -0.15) is 9.78 Å². The smallest absolute Gasteiger partial charge is 0.344 e. The van der Waals surface area contributed by atoms with Gasteiger partial charge in [-0.25, -0.2) is 4.79 Å². The molecule has 3 rings (SSSR count). The molecule has 7 nitrogen and oxygen atoms in total. The Labute approximate surface area is 160 Å². The lowest BCUT2D eigenvalue weighted by atomic mass is 10.2. The quantitative estimate of drug-likeness (QED) is 0.811. The second kappa shape index (κ2) is 8.26. The first-order chi connectivity index (χ1) is 13.0. The number of ether oxygens (including phenoxy) is 1. The Kier molecular flexibility index (Phi) is 5.81. The van der Waals surface area contributed by atoms with E-state index in [1.165, 1.54) is 10.2 Å². The maximum Gasteiger partial charge on any atom is 0.344 e. The first kappa shape index (κ1) is 19.0. The van der Waals surface area contributed by atoms with E-state index in [2.05, 4.69) is 28.7 Å². The van der Waals surface area contributed by atoms with E-state index in [1.54, 1.807) is 19.5 Å². The Bertz CT molecular complexity index is 808. The average Bonchev–Trinajstić information content (AvgIpc) is 3.17. The van der Waals surface area contributed by atoms with E-state index >= 15 is 0 Å². The maximum atomic E-state index is 12.7. The highest BCUT2D eigenvalue weighted by atomic mass is 16.5. The van der Waals surface area contributed by atoms with Gasteiger partial charge < -0.3 is 14.5 Å². The summed E-state index contributed by atoms with van der Waals surface area (Å²) in [5, 5.41) is 4.22. The molecule has 1 aromatic heterocycles. The third kappa shape index (κ3) is 4.49. The molecule has 2 aromatic rings. The zero-order valence-electron chi connectivity index (χ0n) is 16.3. The van der Waals surface area contributed by atoms with Crippen LogP contribution in [0, 0.1) is 0 Å². The van der Waals surface area contributed by atoms with Gasteiger partial charge in [0.25, 0.3) is 0 Å². The van der Waals surface area contributed by atoms with Crippen LogP contribution in [0.25, 0.3) is 0 Å². The van der Waals surface area contributed by atoms with Crippen LogP contribution >= 0.6 is 0 Å². The lowest BCUT2D eigenvalue weighted by Crippen LogP contribution is -2.49. The molecule has 1 aliphatic heterocycles. The van der Waals surface area contributed by atoms with E-state index in [4.69, 9.17) is 4.74 Å². The Morgan fingerprint density at radius 3 is 2.70 bits per heavy atom. The van der Waals surface area contributed by atoms with Crippen molar-refractivity contribution in [3.63, 3.8) is 0 Å². The van der Waals surface area contributed by atoms with Gasteiger partial charge in [-0.05, 0) is 24.6 Å². The lowest BCUT2D eigenvalue weighted by molar-refractivity contribution is 0.134. The fraction of sp³-hybridized carbons (Fsp3) is 0.400. The molecular formula is C20H27N5O2. The van der Waals surface area contributed by atoms with Gasteiger partial charge in [-0.1, -0.05) is 18.7 Å². The fourth-order valence-electron chi connectivity index (χ4n) is 3.08. The molecule has 7 heteroatoms. The Hall–Kier alpha value is -2.80. The molecule has 0 aliphatic carbocycles. The minimum absolute atomic E-state index is 0.0857. The fourth-order valence-corrected chi connectivity index (χ4v) is 3.08. The van der Waals surface area contributed by atoms with Crippen LogP contribution < -0.4 is 9.64 Å². The van der Waals surface area contributed by atoms with Crippen molar-refractivity contribution in [2.24, 2.45) is 0 Å². The van der Waals surface area contributed by atoms with Crippen molar-refractivity contribution < 1.29 is 9.53 Å². The van der Waals surface area contributed by atoms with E-state index in [0.717, 1.165) is 36.8 Å². The summed E-state index contributed by atoms with van der Waals surface area (Å²) < 4.78 is 6.69. The molecule has 0 N–H and O–H groups in total. The molecule has 1 aliphatic rings. The van der Waals surface area contributed by atoms with Crippen LogP contribution in [0.3, 0.4) is 0 Å². The highest BCUT2D eigenvalue weighted by Crippen LogP contribution is 2.17. The molecule has 1 saturated heterocycles. The number of hydrogen-bond donors (Lipinski definition) is 0. The first-order valence-corrected chi connectivity index (χ1v) is 9.06. The summed E-state index contributed by atoms with van der Waals surface area (Å²) in [6.07, 6.45) is 3.44. The third-order valence-electron chi connectivity index (χ3n) is 4.91. The van der Waals surface area contributed by atoms with Crippen molar-refractivity contribution in [2.75, 3.05) is 45.2 Å². The number of methoxy groups -OCH3 is 1. The molecule has 0 unspecified atom stereocenters. The van der Waals surface area contributed by atoms with Crippen LogP contribution in [0.15, 0.2) is 48.9 Å². The monoisotopic (exact) mass is 369 g/mol. The van der Waals surface area contributed by atoms with Gasteiger partial charge in [0.05, 0.1) is 25.2 Å². The summed E-state index contributed by atoms with van der Waals surface area (Å²) in [4.78, 5) is 18.8. The lowest BCUT2D eigenvalue weighted by Gasteiger charge is -2.34. The molecule has 1 aromatic carbocycles. The van der Waals surface area contributed by atoms with Crippen LogP contribution in [0.5, 0.6) is 5.75 Å². The summed E-state index contributed by atoms with van der Waals surface area (Å²) in [5.74, 6) is 0.871. The first-order valence-electron chi connectivity index (χ1n) is 9.06. The second-order valence-corrected chi connectivity index (χ2v) is 6.83. The maximum absolute atomic E-state index is 12.7. The summed E-state index contributed by atoms with van der Waals surface area (Å²) in [6.45, 7) is 9.73. The molecular weight excluding hydrogens is 342 g/mol. The summed E-state index contributed by atoms with van der Waals surface area (Å²) in [6, 6.07) is 8.02. The van der Waals surface area contributed by atoms with Gasteiger partial charge in [0.15, 0.2) is 0 Å². The summed E-state index contributed by atoms with van der Waals surface area (Å²) in [7, 11) is 3.59. The van der Waals surface area contributed by atoms with Gasteiger partial charge in [-0.3, -0.25) is 4.90 Å². The SMILES string of the molecule is C=C(C)N(C)c1cnn(C(=O)N2CCN(Cc3cccc(OC)c3)CC2)c1. The minimum Gasteiger partial charge on any atom is -0.497 e. The van der Waals surface area contributed by atoms with Crippen molar-refractivity contribution in [1.29, 1.82) is 0 Å². The molecule has 1 fully saturated rings. The molecule has 144 valence electrons. The van der Waals surface area contributed by atoms with Gasteiger partial charge in [-0.15, -0.1) is 0 Å². The van der Waals surface area contributed by atoms with Crippen molar-refractivity contribution in [1.82, 2.24) is 19.6 Å². The Morgan fingerprint density at radius 1 is 1.30 bits per heavy atom. The number of piperazine rings is 1. The summed E-state index contributed by atoms with van der Waals surface area (Å²) >= 11 is 0. The zero-order valence-corrected chi connectivity index (χ0v) is 16.3. The van der Waals surface area contributed by atoms with Gasteiger partial charge in [0.1, 0.15) is 5.75 Å². The summed E-state index contributed by atoms with van der Waals surface area (Å²) in [5.41, 5.74) is 2.97. The van der Waals surface area contributed by atoms with E-state index in [9.17, 15) is 4.79 Å². The zero-order chi connectivity index (χ0) is 19.4. The van der Waals surface area contributed by atoms with Crippen LogP contribution in [-0.2, 0) is 6.54 Å². The molecule has 0 atom stereocenters.